The molecule has 0 fully saturated rings. The second kappa shape index (κ2) is 5.18. The van der Waals surface area contributed by atoms with E-state index in [1.165, 1.54) is 18.3 Å². The highest BCUT2D eigenvalue weighted by Crippen LogP contribution is 2.19. The fourth-order valence-corrected chi connectivity index (χ4v) is 1.78. The molecule has 4 nitrogen and oxygen atoms in total. The number of anilines is 1. The fraction of sp³-hybridized carbons (Fsp3) is 0.167. The number of nitrogens with one attached hydrogen (secondary N) is 1. The number of halogens is 2. The number of aryl methyl sites for hydroxylation is 1. The molecule has 1 amide bonds. The van der Waals surface area contributed by atoms with Crippen molar-refractivity contribution in [1.82, 2.24) is 9.78 Å². The third kappa shape index (κ3) is 2.87. The smallest absolute Gasteiger partial charge is 0.229 e. The van der Waals surface area contributed by atoms with Crippen LogP contribution in [0.15, 0.2) is 30.6 Å². The predicted molar refractivity (Wildman–Crippen MR) is 67.0 cm³/mol. The molecule has 94 valence electrons. The highest BCUT2D eigenvalue weighted by Gasteiger charge is 2.12. The van der Waals surface area contributed by atoms with Crippen LogP contribution in [0, 0.1) is 5.82 Å². The summed E-state index contributed by atoms with van der Waals surface area (Å²) in [6.07, 6.45) is 3.06. The topological polar surface area (TPSA) is 46.9 Å². The first-order valence-electron chi connectivity index (χ1n) is 5.27. The van der Waals surface area contributed by atoms with Crippen LogP contribution >= 0.6 is 11.6 Å². The Bertz CT molecular complexity index is 562. The Morgan fingerprint density at radius 1 is 1.56 bits per heavy atom. The third-order valence-electron chi connectivity index (χ3n) is 2.39. The molecule has 18 heavy (non-hydrogen) atoms. The summed E-state index contributed by atoms with van der Waals surface area (Å²) in [5, 5.41) is 6.78. The van der Waals surface area contributed by atoms with E-state index in [4.69, 9.17) is 11.6 Å². The summed E-state index contributed by atoms with van der Waals surface area (Å²) < 4.78 is 15.0. The van der Waals surface area contributed by atoms with Crippen molar-refractivity contribution in [3.63, 3.8) is 0 Å². The first-order valence-corrected chi connectivity index (χ1v) is 5.65. The number of hydrogen-bond acceptors (Lipinski definition) is 2. The lowest BCUT2D eigenvalue weighted by atomic mass is 10.1. The molecule has 0 aliphatic carbocycles. The van der Waals surface area contributed by atoms with E-state index in [9.17, 15) is 9.18 Å². The molecule has 0 saturated heterocycles. The minimum atomic E-state index is -0.483. The maximum atomic E-state index is 13.5. The van der Waals surface area contributed by atoms with Gasteiger partial charge in [0.2, 0.25) is 5.91 Å². The molecule has 0 aliphatic rings. The van der Waals surface area contributed by atoms with Crippen LogP contribution in [-0.2, 0) is 18.3 Å². The summed E-state index contributed by atoms with van der Waals surface area (Å²) in [7, 11) is 1.74. The maximum Gasteiger partial charge on any atom is 0.229 e. The Labute approximate surface area is 108 Å². The summed E-state index contributed by atoms with van der Waals surface area (Å²) in [5.41, 5.74) is 0.760. The maximum absolute atomic E-state index is 13.5. The van der Waals surface area contributed by atoms with Gasteiger partial charge in [0.1, 0.15) is 5.82 Å². The fourth-order valence-electron chi connectivity index (χ4n) is 1.55. The lowest BCUT2D eigenvalue weighted by Gasteiger charge is -2.05. The largest absolute Gasteiger partial charge is 0.323 e. The van der Waals surface area contributed by atoms with E-state index in [2.05, 4.69) is 10.4 Å². The van der Waals surface area contributed by atoms with Crippen molar-refractivity contribution < 1.29 is 9.18 Å². The molecule has 1 heterocycles. The average molecular weight is 268 g/mol. The molecule has 0 saturated carbocycles. The van der Waals surface area contributed by atoms with E-state index in [1.54, 1.807) is 24.0 Å². The van der Waals surface area contributed by atoms with E-state index in [0.29, 0.717) is 5.69 Å². The molecule has 0 atom stereocenters. The van der Waals surface area contributed by atoms with E-state index in [0.717, 1.165) is 0 Å². The van der Waals surface area contributed by atoms with Gasteiger partial charge in [0.15, 0.2) is 0 Å². The second-order valence-electron chi connectivity index (χ2n) is 3.83. The van der Waals surface area contributed by atoms with Crippen LogP contribution in [0.3, 0.4) is 0 Å². The Morgan fingerprint density at radius 2 is 2.33 bits per heavy atom. The van der Waals surface area contributed by atoms with Gasteiger partial charge >= 0.3 is 0 Å². The number of carbonyl (C=O) groups excluding carboxylic acids is 1. The summed E-state index contributed by atoms with van der Waals surface area (Å²) in [5.74, 6) is -0.821. The van der Waals surface area contributed by atoms with E-state index in [1.807, 2.05) is 0 Å². The summed E-state index contributed by atoms with van der Waals surface area (Å²) in [6, 6.07) is 4.33. The number of rotatable bonds is 3. The number of carbonyl (C=O) groups is 1. The van der Waals surface area contributed by atoms with Gasteiger partial charge < -0.3 is 5.32 Å². The van der Waals surface area contributed by atoms with Gasteiger partial charge in [-0.15, -0.1) is 0 Å². The molecular weight excluding hydrogens is 257 g/mol. The monoisotopic (exact) mass is 267 g/mol. The van der Waals surface area contributed by atoms with Crippen molar-refractivity contribution in [2.45, 2.75) is 6.42 Å². The zero-order valence-corrected chi connectivity index (χ0v) is 10.4. The number of nitrogens with zero attached hydrogens (tertiary/aromatic N) is 2. The van der Waals surface area contributed by atoms with Gasteiger partial charge in [-0.05, 0) is 12.1 Å². The van der Waals surface area contributed by atoms with Gasteiger partial charge in [0.05, 0.1) is 18.3 Å². The first kappa shape index (κ1) is 12.6. The van der Waals surface area contributed by atoms with Gasteiger partial charge in [0.25, 0.3) is 0 Å². The number of amides is 1. The summed E-state index contributed by atoms with van der Waals surface area (Å²) >= 11 is 5.84. The number of aromatic nitrogens is 2. The van der Waals surface area contributed by atoms with Gasteiger partial charge in [-0.1, -0.05) is 17.7 Å². The average Bonchev–Trinajstić information content (AvgIpc) is 2.69. The van der Waals surface area contributed by atoms with E-state index < -0.39 is 5.82 Å². The number of hydrogen-bond donors (Lipinski definition) is 1. The minimum absolute atomic E-state index is 0.111. The molecule has 2 aromatic rings. The van der Waals surface area contributed by atoms with Crippen molar-refractivity contribution >= 4 is 23.2 Å². The van der Waals surface area contributed by atoms with Crippen LogP contribution in [0.2, 0.25) is 5.02 Å². The van der Waals surface area contributed by atoms with Gasteiger partial charge in [-0.25, -0.2) is 4.39 Å². The quantitative estimate of drug-likeness (QED) is 0.928. The predicted octanol–water partition coefficient (Wildman–Crippen LogP) is 2.39. The Hall–Kier alpha value is -1.88. The van der Waals surface area contributed by atoms with Crippen molar-refractivity contribution in [2.24, 2.45) is 7.05 Å². The molecule has 1 aromatic heterocycles. The Kier molecular flexibility index (Phi) is 3.62. The molecule has 0 unspecified atom stereocenters. The molecular formula is C12H11ClFN3O. The van der Waals surface area contributed by atoms with Crippen molar-refractivity contribution in [1.29, 1.82) is 0 Å². The molecule has 0 bridgehead atoms. The van der Waals surface area contributed by atoms with Crippen LogP contribution in [-0.4, -0.2) is 15.7 Å². The zero-order chi connectivity index (χ0) is 13.1. The van der Waals surface area contributed by atoms with Crippen molar-refractivity contribution in [2.75, 3.05) is 5.32 Å². The van der Waals surface area contributed by atoms with E-state index >= 15 is 0 Å². The van der Waals surface area contributed by atoms with Gasteiger partial charge in [-0.2, -0.15) is 5.10 Å². The molecule has 1 N–H and O–H groups in total. The lowest BCUT2D eigenvalue weighted by molar-refractivity contribution is -0.115. The molecule has 6 heteroatoms. The first-order chi connectivity index (χ1) is 8.56. The second-order valence-corrected chi connectivity index (χ2v) is 4.24. The zero-order valence-electron chi connectivity index (χ0n) is 9.65. The number of benzene rings is 1. The standard InChI is InChI=1S/C12H11ClFN3O/c1-17-7-8(6-15-17)16-12(18)5-9-10(13)3-2-4-11(9)14/h2-4,6-7H,5H2,1H3,(H,16,18). The summed E-state index contributed by atoms with van der Waals surface area (Å²) in [4.78, 5) is 11.7. The van der Waals surface area contributed by atoms with Crippen LogP contribution in [0.25, 0.3) is 0 Å². The van der Waals surface area contributed by atoms with Crippen LogP contribution in [0.1, 0.15) is 5.56 Å². The highest BCUT2D eigenvalue weighted by molar-refractivity contribution is 6.31. The molecule has 0 radical (unpaired) electrons. The molecule has 0 spiro atoms. The highest BCUT2D eigenvalue weighted by atomic mass is 35.5. The van der Waals surface area contributed by atoms with E-state index in [-0.39, 0.29) is 22.9 Å². The SMILES string of the molecule is Cn1cc(NC(=O)Cc2c(F)cccc2Cl)cn1. The van der Waals surface area contributed by atoms with Crippen LogP contribution in [0.5, 0.6) is 0 Å². The Morgan fingerprint density at radius 3 is 2.94 bits per heavy atom. The van der Waals surface area contributed by atoms with Crippen LogP contribution in [0.4, 0.5) is 10.1 Å². The van der Waals surface area contributed by atoms with Crippen molar-refractivity contribution in [3.05, 3.63) is 47.0 Å². The molecule has 1 aromatic carbocycles. The summed E-state index contributed by atoms with van der Waals surface area (Å²) in [6.45, 7) is 0. The van der Waals surface area contributed by atoms with Crippen molar-refractivity contribution in [3.8, 4) is 0 Å². The third-order valence-corrected chi connectivity index (χ3v) is 2.74. The normalized spacial score (nSPS) is 10.4. The van der Waals surface area contributed by atoms with Gasteiger partial charge in [0, 0.05) is 23.8 Å². The lowest BCUT2D eigenvalue weighted by Crippen LogP contribution is -2.15. The van der Waals surface area contributed by atoms with Gasteiger partial charge in [-0.3, -0.25) is 9.48 Å². The van der Waals surface area contributed by atoms with Crippen LogP contribution < -0.4 is 5.32 Å². The molecule has 0 aliphatic heterocycles. The molecule has 2 rings (SSSR count). The Balaban J connectivity index is 2.08. The minimum Gasteiger partial charge on any atom is -0.323 e.